The number of nitrogens with two attached hydrogens (primary N) is 3. The van der Waals surface area contributed by atoms with Crippen LogP contribution in [0.25, 0.3) is 10.9 Å². The lowest BCUT2D eigenvalue weighted by Gasteiger charge is -2.24. The minimum Gasteiger partial charge on any atom is -0.480 e. The summed E-state index contributed by atoms with van der Waals surface area (Å²) in [4.78, 5) is 83.2. The van der Waals surface area contributed by atoms with Crippen LogP contribution < -0.4 is 33.2 Å². The standard InChI is InChI=1S/C25H31N9O7/c26-15(5-12-9-30-16-4-2-1-3-14(12)16)22(37)32-18(7-20(27)35)24(39)33-17(6-13-10-29-11-31-13)23(38)34-19(25(40)41)8-21(28)36/h1-4,9-11,15,17-19,30H,5-8,26H2,(H2,27,35)(H2,28,36)(H,29,31)(H,32,37)(H,33,39)(H,34,38)(H,40,41). The van der Waals surface area contributed by atoms with Gasteiger partial charge < -0.3 is 48.2 Å². The molecule has 0 aliphatic rings. The summed E-state index contributed by atoms with van der Waals surface area (Å²) in [5, 5.41) is 17.2. The van der Waals surface area contributed by atoms with Gasteiger partial charge in [-0.15, -0.1) is 0 Å². The van der Waals surface area contributed by atoms with Gasteiger partial charge in [-0.1, -0.05) is 18.2 Å². The van der Waals surface area contributed by atoms with Gasteiger partial charge in [-0.2, -0.15) is 0 Å². The molecular formula is C25H31N9O7. The van der Waals surface area contributed by atoms with E-state index in [1.807, 2.05) is 24.3 Å². The smallest absolute Gasteiger partial charge is 0.326 e. The first-order valence-corrected chi connectivity index (χ1v) is 12.4. The van der Waals surface area contributed by atoms with Crippen LogP contribution in [0.15, 0.2) is 43.0 Å². The van der Waals surface area contributed by atoms with Crippen LogP contribution in [0.3, 0.4) is 0 Å². The van der Waals surface area contributed by atoms with Crippen molar-refractivity contribution in [2.75, 3.05) is 0 Å². The van der Waals surface area contributed by atoms with Crippen molar-refractivity contribution < 1.29 is 33.9 Å². The molecule has 0 saturated carbocycles. The van der Waals surface area contributed by atoms with Crippen LogP contribution in [0.4, 0.5) is 0 Å². The second kappa shape index (κ2) is 13.7. The van der Waals surface area contributed by atoms with Crippen molar-refractivity contribution in [2.45, 2.75) is 49.9 Å². The van der Waals surface area contributed by atoms with Crippen molar-refractivity contribution in [3.05, 3.63) is 54.2 Å². The summed E-state index contributed by atoms with van der Waals surface area (Å²) < 4.78 is 0. The lowest BCUT2D eigenvalue weighted by Crippen LogP contribution is -2.58. The van der Waals surface area contributed by atoms with E-state index in [0.717, 1.165) is 16.5 Å². The van der Waals surface area contributed by atoms with Gasteiger partial charge in [0, 0.05) is 35.4 Å². The molecule has 16 nitrogen and oxygen atoms in total. The average molecular weight is 570 g/mol. The third kappa shape index (κ3) is 8.62. The maximum Gasteiger partial charge on any atom is 0.326 e. The zero-order valence-electron chi connectivity index (χ0n) is 21.8. The number of aliphatic carboxylic acids is 1. The van der Waals surface area contributed by atoms with E-state index in [0.29, 0.717) is 5.69 Å². The van der Waals surface area contributed by atoms with E-state index in [9.17, 15) is 33.9 Å². The SMILES string of the molecule is NC(=O)CC(NC(=O)C(Cc1cnc[nH]1)NC(=O)C(CC(N)=O)NC(=O)C(N)Cc1c[nH]c2ccccc12)C(=O)O. The van der Waals surface area contributed by atoms with Crippen molar-refractivity contribution in [3.8, 4) is 0 Å². The summed E-state index contributed by atoms with van der Waals surface area (Å²) in [5.41, 5.74) is 18.5. The van der Waals surface area contributed by atoms with Crippen LogP contribution in [0, 0.1) is 0 Å². The van der Waals surface area contributed by atoms with Gasteiger partial charge in [-0.05, 0) is 18.1 Å². The molecule has 0 aliphatic heterocycles. The molecule has 2 aromatic heterocycles. The molecule has 2 heterocycles. The van der Waals surface area contributed by atoms with E-state index < -0.39 is 72.5 Å². The molecule has 0 saturated heterocycles. The van der Waals surface area contributed by atoms with E-state index in [1.165, 1.54) is 12.5 Å². The Labute approximate surface area is 232 Å². The molecule has 218 valence electrons. The summed E-state index contributed by atoms with van der Waals surface area (Å²) in [5.74, 6) is -6.09. The van der Waals surface area contributed by atoms with Crippen LogP contribution >= 0.6 is 0 Å². The average Bonchev–Trinajstić information content (AvgIpc) is 3.57. The number of carbonyl (C=O) groups excluding carboxylic acids is 5. The summed E-state index contributed by atoms with van der Waals surface area (Å²) in [6.45, 7) is 0. The molecule has 3 aromatic rings. The lowest BCUT2D eigenvalue weighted by molar-refractivity contribution is -0.143. The number of nitrogens with zero attached hydrogens (tertiary/aromatic N) is 1. The van der Waals surface area contributed by atoms with Crippen LogP contribution in [-0.2, 0) is 41.6 Å². The van der Waals surface area contributed by atoms with Crippen molar-refractivity contribution >= 4 is 46.4 Å². The Bertz CT molecular complexity index is 1420. The fraction of sp³-hybridized carbons (Fsp3) is 0.320. The van der Waals surface area contributed by atoms with E-state index in [4.69, 9.17) is 17.2 Å². The highest BCUT2D eigenvalue weighted by Gasteiger charge is 2.32. The number of benzene rings is 1. The van der Waals surface area contributed by atoms with E-state index in [2.05, 4.69) is 30.9 Å². The fourth-order valence-electron chi connectivity index (χ4n) is 4.09. The number of rotatable bonds is 15. The molecule has 0 bridgehead atoms. The van der Waals surface area contributed by atoms with E-state index in [-0.39, 0.29) is 12.8 Å². The predicted octanol–water partition coefficient (Wildman–Crippen LogP) is -2.71. The number of para-hydroxylation sites is 1. The fourth-order valence-corrected chi connectivity index (χ4v) is 4.09. The highest BCUT2D eigenvalue weighted by atomic mass is 16.4. The third-order valence-electron chi connectivity index (χ3n) is 6.12. The number of nitrogens with one attached hydrogen (secondary N) is 5. The molecule has 1 aromatic carbocycles. The normalized spacial score (nSPS) is 13.9. The van der Waals surface area contributed by atoms with Gasteiger partial charge >= 0.3 is 5.97 Å². The predicted molar refractivity (Wildman–Crippen MR) is 143 cm³/mol. The summed E-state index contributed by atoms with van der Waals surface area (Å²) in [7, 11) is 0. The van der Waals surface area contributed by atoms with Gasteiger partial charge in [0.25, 0.3) is 0 Å². The summed E-state index contributed by atoms with van der Waals surface area (Å²) in [6.07, 6.45) is 3.03. The molecule has 4 unspecified atom stereocenters. The first-order valence-electron chi connectivity index (χ1n) is 12.4. The largest absolute Gasteiger partial charge is 0.480 e. The molecule has 16 heteroatoms. The minimum atomic E-state index is -1.66. The quantitative estimate of drug-likeness (QED) is 0.0918. The molecule has 0 aliphatic carbocycles. The Hall–Kier alpha value is -5.25. The Morgan fingerprint density at radius 3 is 2.07 bits per heavy atom. The maximum atomic E-state index is 13.2. The second-order valence-corrected chi connectivity index (χ2v) is 9.31. The number of H-pyrrole nitrogens is 2. The molecule has 41 heavy (non-hydrogen) atoms. The van der Waals surface area contributed by atoms with Gasteiger partial charge in [0.05, 0.1) is 25.2 Å². The lowest BCUT2D eigenvalue weighted by atomic mass is 10.0. The Morgan fingerprint density at radius 2 is 1.44 bits per heavy atom. The number of hydrogen-bond donors (Lipinski definition) is 9. The van der Waals surface area contributed by atoms with Gasteiger partial charge in [0.15, 0.2) is 0 Å². The second-order valence-electron chi connectivity index (χ2n) is 9.31. The first-order chi connectivity index (χ1) is 19.4. The topological polar surface area (TPSA) is 281 Å². The number of imidazole rings is 1. The van der Waals surface area contributed by atoms with Gasteiger partial charge in [-0.25, -0.2) is 9.78 Å². The monoisotopic (exact) mass is 569 g/mol. The maximum absolute atomic E-state index is 13.2. The van der Waals surface area contributed by atoms with Crippen LogP contribution in [0.2, 0.25) is 0 Å². The van der Waals surface area contributed by atoms with Crippen LogP contribution in [0.1, 0.15) is 24.1 Å². The van der Waals surface area contributed by atoms with Gasteiger partial charge in [-0.3, -0.25) is 24.0 Å². The Kier molecular flexibility index (Phi) is 10.1. The molecule has 0 spiro atoms. The number of aromatic amines is 2. The zero-order valence-corrected chi connectivity index (χ0v) is 21.8. The number of carboxylic acid groups (broad SMARTS) is 1. The number of carboxylic acids is 1. The van der Waals surface area contributed by atoms with Crippen molar-refractivity contribution in [2.24, 2.45) is 17.2 Å². The molecular weight excluding hydrogens is 538 g/mol. The van der Waals surface area contributed by atoms with E-state index >= 15 is 0 Å². The van der Waals surface area contributed by atoms with E-state index in [1.54, 1.807) is 6.20 Å². The van der Waals surface area contributed by atoms with Crippen molar-refractivity contribution in [1.29, 1.82) is 0 Å². The van der Waals surface area contributed by atoms with Gasteiger partial charge in [0.1, 0.15) is 18.1 Å². The number of fused-ring (bicyclic) bond motifs is 1. The van der Waals surface area contributed by atoms with Gasteiger partial charge in [0.2, 0.25) is 29.5 Å². The Morgan fingerprint density at radius 1 is 0.829 bits per heavy atom. The molecule has 0 radical (unpaired) electrons. The third-order valence-corrected chi connectivity index (χ3v) is 6.12. The molecule has 12 N–H and O–H groups in total. The highest BCUT2D eigenvalue weighted by Crippen LogP contribution is 2.18. The zero-order chi connectivity index (χ0) is 30.1. The summed E-state index contributed by atoms with van der Waals surface area (Å²) >= 11 is 0. The number of hydrogen-bond acceptors (Lipinski definition) is 8. The van der Waals surface area contributed by atoms with Crippen LogP contribution in [-0.4, -0.2) is 79.7 Å². The first kappa shape index (κ1) is 30.3. The highest BCUT2D eigenvalue weighted by molar-refractivity contribution is 5.97. The molecule has 3 rings (SSSR count). The number of primary amides is 2. The number of amides is 5. The number of carbonyl (C=O) groups is 6. The van der Waals surface area contributed by atoms with Crippen LogP contribution in [0.5, 0.6) is 0 Å². The summed E-state index contributed by atoms with van der Waals surface area (Å²) in [6, 6.07) is 1.72. The molecule has 0 fully saturated rings. The van der Waals surface area contributed by atoms with Crippen molar-refractivity contribution in [3.63, 3.8) is 0 Å². The number of aromatic nitrogens is 3. The molecule has 5 amide bonds. The van der Waals surface area contributed by atoms with Crippen molar-refractivity contribution in [1.82, 2.24) is 30.9 Å². The molecule has 4 atom stereocenters. The minimum absolute atomic E-state index is 0.113. The Balaban J connectivity index is 1.74.